The average molecular weight is 289 g/mol. The summed E-state index contributed by atoms with van der Waals surface area (Å²) in [4.78, 5) is 3.91. The minimum Gasteiger partial charge on any atom is -0.368 e. The highest BCUT2D eigenvalue weighted by Gasteiger charge is 2.16. The third-order valence-electron chi connectivity index (χ3n) is 3.21. The molecule has 0 aromatic carbocycles. The number of aliphatic imine (C=N–C) groups is 1. The number of aliphatic hydroxyl groups excluding tert-OH is 2. The topological polar surface area (TPSA) is 71.3 Å². The number of unbranched alkanes of at least 4 members (excludes halogenated alkanes) is 4. The van der Waals surface area contributed by atoms with E-state index in [9.17, 15) is 10.2 Å². The average Bonchev–Trinajstić information content (AvgIpc) is 2.42. The first-order chi connectivity index (χ1) is 9.65. The van der Waals surface area contributed by atoms with Gasteiger partial charge in [-0.2, -0.15) is 0 Å². The van der Waals surface area contributed by atoms with E-state index in [2.05, 4.69) is 11.7 Å². The van der Waals surface area contributed by atoms with Crippen LogP contribution in [-0.2, 0) is 9.47 Å². The van der Waals surface area contributed by atoms with Crippen LogP contribution in [0.4, 0.5) is 0 Å². The van der Waals surface area contributed by atoms with Crippen LogP contribution in [-0.4, -0.2) is 48.8 Å². The van der Waals surface area contributed by atoms with Gasteiger partial charge in [-0.3, -0.25) is 4.99 Å². The lowest BCUT2D eigenvalue weighted by atomic mass is 10.1. The molecule has 0 saturated heterocycles. The molecule has 120 valence electrons. The highest BCUT2D eigenvalue weighted by atomic mass is 16.6. The van der Waals surface area contributed by atoms with Gasteiger partial charge < -0.3 is 19.7 Å². The molecular weight excluding hydrogens is 258 g/mol. The smallest absolute Gasteiger partial charge is 0.177 e. The summed E-state index contributed by atoms with van der Waals surface area (Å²) in [5.74, 6) is 0. The van der Waals surface area contributed by atoms with E-state index >= 15 is 0 Å². The fraction of sp³-hybridized carbons (Fsp3) is 0.933. The van der Waals surface area contributed by atoms with Crippen LogP contribution in [0.2, 0.25) is 0 Å². The van der Waals surface area contributed by atoms with Crippen LogP contribution in [0.15, 0.2) is 4.99 Å². The fourth-order valence-corrected chi connectivity index (χ4v) is 2.08. The van der Waals surface area contributed by atoms with Gasteiger partial charge in [0.15, 0.2) is 12.6 Å². The summed E-state index contributed by atoms with van der Waals surface area (Å²) in [6, 6.07) is -0.227. The molecule has 5 heteroatoms. The summed E-state index contributed by atoms with van der Waals surface area (Å²) in [6.07, 6.45) is 5.33. The second-order valence-electron chi connectivity index (χ2n) is 4.85. The van der Waals surface area contributed by atoms with E-state index in [4.69, 9.17) is 9.47 Å². The van der Waals surface area contributed by atoms with Gasteiger partial charge in [-0.05, 0) is 39.8 Å². The Kier molecular flexibility index (Phi) is 13.2. The first kappa shape index (κ1) is 19.5. The molecule has 0 aromatic rings. The molecular formula is C15H31NO4. The van der Waals surface area contributed by atoms with Crippen molar-refractivity contribution in [3.63, 3.8) is 0 Å². The lowest BCUT2D eigenvalue weighted by molar-refractivity contribution is -0.109. The predicted octanol–water partition coefficient (Wildman–Crippen LogP) is 2.50. The molecule has 0 aliphatic rings. The zero-order chi connectivity index (χ0) is 15.2. The van der Waals surface area contributed by atoms with Gasteiger partial charge in [-0.1, -0.05) is 25.7 Å². The molecule has 0 radical (unpaired) electrons. The van der Waals surface area contributed by atoms with E-state index in [1.807, 2.05) is 13.8 Å². The van der Waals surface area contributed by atoms with Gasteiger partial charge in [0, 0.05) is 13.2 Å². The van der Waals surface area contributed by atoms with Crippen LogP contribution in [0, 0.1) is 0 Å². The maximum atomic E-state index is 9.66. The minimum atomic E-state index is -0.834. The minimum absolute atomic E-state index is 0.227. The Morgan fingerprint density at radius 1 is 0.900 bits per heavy atom. The molecule has 2 N–H and O–H groups in total. The van der Waals surface area contributed by atoms with Crippen molar-refractivity contribution >= 4 is 6.72 Å². The largest absolute Gasteiger partial charge is 0.368 e. The quantitative estimate of drug-likeness (QED) is 0.293. The van der Waals surface area contributed by atoms with Gasteiger partial charge in [0.2, 0.25) is 0 Å². The van der Waals surface area contributed by atoms with E-state index in [1.54, 1.807) is 0 Å². The number of hydrogen-bond acceptors (Lipinski definition) is 5. The van der Waals surface area contributed by atoms with Crippen LogP contribution >= 0.6 is 0 Å². The molecule has 3 atom stereocenters. The van der Waals surface area contributed by atoms with Crippen LogP contribution in [0.25, 0.3) is 0 Å². The molecule has 0 bridgehead atoms. The number of aliphatic hydroxyl groups is 2. The molecule has 0 heterocycles. The third kappa shape index (κ3) is 10.3. The monoisotopic (exact) mass is 289 g/mol. The summed E-state index contributed by atoms with van der Waals surface area (Å²) < 4.78 is 10.2. The second kappa shape index (κ2) is 13.5. The summed E-state index contributed by atoms with van der Waals surface area (Å²) in [5, 5.41) is 19.0. The molecule has 5 nitrogen and oxygen atoms in total. The van der Waals surface area contributed by atoms with E-state index < -0.39 is 12.6 Å². The Hall–Kier alpha value is -0.490. The maximum Gasteiger partial charge on any atom is 0.177 e. The van der Waals surface area contributed by atoms with Crippen LogP contribution in [0.5, 0.6) is 0 Å². The van der Waals surface area contributed by atoms with Crippen molar-refractivity contribution in [3.8, 4) is 0 Å². The molecule has 0 spiro atoms. The molecule has 0 aliphatic carbocycles. The van der Waals surface area contributed by atoms with E-state index in [1.165, 1.54) is 0 Å². The Morgan fingerprint density at radius 2 is 1.45 bits per heavy atom. The summed E-state index contributed by atoms with van der Waals surface area (Å²) in [5.41, 5.74) is 0. The summed E-state index contributed by atoms with van der Waals surface area (Å²) >= 11 is 0. The van der Waals surface area contributed by atoms with E-state index in [0.29, 0.717) is 19.6 Å². The number of nitrogens with zero attached hydrogens (tertiary/aromatic N) is 1. The van der Waals surface area contributed by atoms with Gasteiger partial charge in [0.25, 0.3) is 0 Å². The van der Waals surface area contributed by atoms with Crippen LogP contribution in [0.3, 0.4) is 0 Å². The lowest BCUT2D eigenvalue weighted by Gasteiger charge is -2.18. The Morgan fingerprint density at radius 3 is 2.00 bits per heavy atom. The zero-order valence-corrected chi connectivity index (χ0v) is 13.0. The third-order valence-corrected chi connectivity index (χ3v) is 3.21. The number of rotatable bonds is 14. The number of ether oxygens (including phenoxy) is 2. The summed E-state index contributed by atoms with van der Waals surface area (Å²) in [6.45, 7) is 8.26. The SMILES string of the molecule is C=NC(CCCCCCCC(O)OCC)C(O)OCC. The molecule has 0 amide bonds. The van der Waals surface area contributed by atoms with Gasteiger partial charge in [-0.25, -0.2) is 0 Å². The van der Waals surface area contributed by atoms with Crippen molar-refractivity contribution in [2.75, 3.05) is 13.2 Å². The van der Waals surface area contributed by atoms with Gasteiger partial charge in [0.1, 0.15) is 0 Å². The summed E-state index contributed by atoms with van der Waals surface area (Å²) in [7, 11) is 0. The Balaban J connectivity index is 3.48. The Bertz CT molecular complexity index is 226. The molecule has 0 fully saturated rings. The van der Waals surface area contributed by atoms with Crippen molar-refractivity contribution in [1.29, 1.82) is 0 Å². The molecule has 0 rings (SSSR count). The van der Waals surface area contributed by atoms with Crippen LogP contribution in [0.1, 0.15) is 58.8 Å². The lowest BCUT2D eigenvalue weighted by Crippen LogP contribution is -2.27. The fourth-order valence-electron chi connectivity index (χ4n) is 2.08. The van der Waals surface area contributed by atoms with E-state index in [-0.39, 0.29) is 6.04 Å². The Labute approximate surface area is 123 Å². The van der Waals surface area contributed by atoms with Gasteiger partial charge in [0.05, 0.1) is 6.04 Å². The maximum absolute atomic E-state index is 9.66. The zero-order valence-electron chi connectivity index (χ0n) is 13.0. The van der Waals surface area contributed by atoms with Crippen molar-refractivity contribution in [1.82, 2.24) is 0 Å². The van der Waals surface area contributed by atoms with Crippen molar-refractivity contribution in [2.45, 2.75) is 77.4 Å². The highest BCUT2D eigenvalue weighted by molar-refractivity contribution is 5.24. The van der Waals surface area contributed by atoms with Crippen LogP contribution < -0.4 is 0 Å². The predicted molar refractivity (Wildman–Crippen MR) is 80.9 cm³/mol. The van der Waals surface area contributed by atoms with Gasteiger partial charge in [-0.15, -0.1) is 0 Å². The molecule has 3 unspecified atom stereocenters. The molecule has 0 aliphatic heterocycles. The standard InChI is InChI=1S/C15H31NO4/c1-4-19-14(17)12-10-8-6-7-9-11-13(16-3)15(18)20-5-2/h13-15,17-18H,3-12H2,1-2H3. The first-order valence-electron chi connectivity index (χ1n) is 7.70. The molecule has 20 heavy (non-hydrogen) atoms. The normalized spacial score (nSPS) is 15.8. The van der Waals surface area contributed by atoms with Crippen molar-refractivity contribution < 1.29 is 19.7 Å². The molecule has 0 aromatic heterocycles. The van der Waals surface area contributed by atoms with Crippen molar-refractivity contribution in [2.24, 2.45) is 4.99 Å². The first-order valence-corrected chi connectivity index (χ1v) is 7.70. The number of hydrogen-bond donors (Lipinski definition) is 2. The molecule has 0 saturated carbocycles. The highest BCUT2D eigenvalue weighted by Crippen LogP contribution is 2.14. The van der Waals surface area contributed by atoms with E-state index in [0.717, 1.165) is 38.5 Å². The van der Waals surface area contributed by atoms with Gasteiger partial charge >= 0.3 is 0 Å². The van der Waals surface area contributed by atoms with Crippen molar-refractivity contribution in [3.05, 3.63) is 0 Å². The second-order valence-corrected chi connectivity index (χ2v) is 4.85.